The molecule has 1 heterocycles. The van der Waals surface area contributed by atoms with E-state index in [4.69, 9.17) is 27.9 Å². The summed E-state index contributed by atoms with van der Waals surface area (Å²) in [5, 5.41) is 4.38. The molecule has 4 nitrogen and oxygen atoms in total. The molecule has 1 amide bonds. The van der Waals surface area contributed by atoms with Gasteiger partial charge in [0.05, 0.1) is 10.0 Å². The number of nitrogens with one attached hydrogen (secondary N) is 1. The van der Waals surface area contributed by atoms with Crippen LogP contribution in [0.4, 0.5) is 5.69 Å². The topological polar surface area (TPSA) is 51.2 Å². The number of aromatic nitrogens is 1. The highest BCUT2D eigenvalue weighted by molar-refractivity contribution is 6.39. The monoisotopic (exact) mass is 416 g/mol. The van der Waals surface area contributed by atoms with Crippen molar-refractivity contribution in [1.29, 1.82) is 0 Å². The molecule has 28 heavy (non-hydrogen) atoms. The Labute approximate surface area is 174 Å². The zero-order valence-electron chi connectivity index (χ0n) is 15.9. The van der Waals surface area contributed by atoms with E-state index < -0.39 is 0 Å². The number of aryl methyl sites for hydroxylation is 2. The smallest absolute Gasteiger partial charge is 0.262 e. The summed E-state index contributed by atoms with van der Waals surface area (Å²) >= 11 is 12.5. The predicted molar refractivity (Wildman–Crippen MR) is 116 cm³/mol. The molecule has 2 aromatic carbocycles. The third kappa shape index (κ3) is 4.94. The van der Waals surface area contributed by atoms with Crippen molar-refractivity contribution in [3.05, 3.63) is 63.8 Å². The van der Waals surface area contributed by atoms with Crippen molar-refractivity contribution in [1.82, 2.24) is 4.98 Å². The lowest BCUT2D eigenvalue weighted by molar-refractivity contribution is -0.118. The van der Waals surface area contributed by atoms with Crippen LogP contribution >= 0.6 is 23.2 Å². The highest BCUT2D eigenvalue weighted by Gasteiger charge is 2.15. The number of carbonyl (C=O) groups is 1. The number of amides is 1. The zero-order valence-corrected chi connectivity index (χ0v) is 17.4. The van der Waals surface area contributed by atoms with Crippen LogP contribution in [0.1, 0.15) is 31.0 Å². The fourth-order valence-electron chi connectivity index (χ4n) is 2.90. The Hall–Kier alpha value is -2.30. The van der Waals surface area contributed by atoms with Gasteiger partial charge in [-0.1, -0.05) is 48.7 Å². The number of halogens is 2. The molecule has 0 bridgehead atoms. The van der Waals surface area contributed by atoms with Crippen LogP contribution in [-0.4, -0.2) is 17.5 Å². The maximum atomic E-state index is 12.3. The lowest BCUT2D eigenvalue weighted by Crippen LogP contribution is -2.20. The number of nitrogens with zero attached hydrogens (tertiary/aromatic N) is 1. The predicted octanol–water partition coefficient (Wildman–Crippen LogP) is 6.21. The van der Waals surface area contributed by atoms with E-state index in [1.54, 1.807) is 6.07 Å². The molecule has 6 heteroatoms. The van der Waals surface area contributed by atoms with E-state index >= 15 is 0 Å². The van der Waals surface area contributed by atoms with Gasteiger partial charge in [0.2, 0.25) is 0 Å². The average Bonchev–Trinajstić information content (AvgIpc) is 2.67. The van der Waals surface area contributed by atoms with Crippen molar-refractivity contribution >= 4 is 45.7 Å². The number of hydrogen-bond acceptors (Lipinski definition) is 3. The molecule has 0 spiro atoms. The third-order valence-corrected chi connectivity index (χ3v) is 4.97. The SMILES string of the molecule is CCCCc1ccc(NC(=O)COc2c(Cl)cc(Cl)c3ccc(C)nc23)cc1. The number of unbranched alkanes of at least 4 members (excludes halogenated alkanes) is 1. The second-order valence-corrected chi connectivity index (χ2v) is 7.47. The normalized spacial score (nSPS) is 10.9. The van der Waals surface area contributed by atoms with Crippen molar-refractivity contribution in [2.45, 2.75) is 33.1 Å². The largest absolute Gasteiger partial charge is 0.480 e. The van der Waals surface area contributed by atoms with Gasteiger partial charge in [-0.25, -0.2) is 4.98 Å². The molecular weight excluding hydrogens is 395 g/mol. The van der Waals surface area contributed by atoms with Gasteiger partial charge in [0.15, 0.2) is 12.4 Å². The summed E-state index contributed by atoms with van der Waals surface area (Å²) in [5.74, 6) is 0.0861. The quantitative estimate of drug-likeness (QED) is 0.497. The highest BCUT2D eigenvalue weighted by Crippen LogP contribution is 2.37. The Kier molecular flexibility index (Phi) is 6.76. The molecule has 0 aliphatic heterocycles. The van der Waals surface area contributed by atoms with Crippen LogP contribution in [0.3, 0.4) is 0 Å². The van der Waals surface area contributed by atoms with Crippen LogP contribution < -0.4 is 10.1 Å². The van der Waals surface area contributed by atoms with Gasteiger partial charge in [0.1, 0.15) is 5.52 Å². The number of fused-ring (bicyclic) bond motifs is 1. The molecule has 0 aliphatic rings. The first kappa shape index (κ1) is 20.4. The molecule has 146 valence electrons. The molecule has 0 fully saturated rings. The minimum absolute atomic E-state index is 0.177. The maximum Gasteiger partial charge on any atom is 0.262 e. The van der Waals surface area contributed by atoms with E-state index in [9.17, 15) is 4.79 Å². The summed E-state index contributed by atoms with van der Waals surface area (Å²) in [7, 11) is 0. The minimum Gasteiger partial charge on any atom is -0.480 e. The lowest BCUT2D eigenvalue weighted by Gasteiger charge is -2.12. The van der Waals surface area contributed by atoms with Gasteiger partial charge in [-0.05, 0) is 55.7 Å². The van der Waals surface area contributed by atoms with Gasteiger partial charge in [-0.3, -0.25) is 4.79 Å². The summed E-state index contributed by atoms with van der Waals surface area (Å²) in [5.41, 5.74) is 3.35. The van der Waals surface area contributed by atoms with Gasteiger partial charge in [-0.2, -0.15) is 0 Å². The fourth-order valence-corrected chi connectivity index (χ4v) is 3.47. The molecule has 0 atom stereocenters. The van der Waals surface area contributed by atoms with Crippen molar-refractivity contribution in [2.24, 2.45) is 0 Å². The molecule has 0 saturated carbocycles. The number of benzene rings is 2. The van der Waals surface area contributed by atoms with E-state index in [-0.39, 0.29) is 12.5 Å². The number of rotatable bonds is 7. The van der Waals surface area contributed by atoms with E-state index in [0.29, 0.717) is 21.3 Å². The first-order chi connectivity index (χ1) is 13.5. The highest BCUT2D eigenvalue weighted by atomic mass is 35.5. The van der Waals surface area contributed by atoms with Gasteiger partial charge in [0.25, 0.3) is 5.91 Å². The number of pyridine rings is 1. The van der Waals surface area contributed by atoms with E-state index in [2.05, 4.69) is 17.2 Å². The van der Waals surface area contributed by atoms with Crippen LogP contribution in [0.2, 0.25) is 10.0 Å². The molecule has 0 unspecified atom stereocenters. The minimum atomic E-state index is -0.270. The Morgan fingerprint density at radius 2 is 1.86 bits per heavy atom. The van der Waals surface area contributed by atoms with Crippen molar-refractivity contribution < 1.29 is 9.53 Å². The zero-order chi connectivity index (χ0) is 20.1. The number of anilines is 1. The van der Waals surface area contributed by atoms with Crippen molar-refractivity contribution in [3.63, 3.8) is 0 Å². The van der Waals surface area contributed by atoms with Crippen molar-refractivity contribution in [3.8, 4) is 5.75 Å². The summed E-state index contributed by atoms with van der Waals surface area (Å²) in [6.07, 6.45) is 3.36. The Bertz CT molecular complexity index is 988. The van der Waals surface area contributed by atoms with Crippen LogP contribution in [0.25, 0.3) is 10.9 Å². The van der Waals surface area contributed by atoms with E-state index in [0.717, 1.165) is 36.0 Å². The van der Waals surface area contributed by atoms with Crippen molar-refractivity contribution in [2.75, 3.05) is 11.9 Å². The fraction of sp³-hybridized carbons (Fsp3) is 0.273. The molecule has 3 rings (SSSR count). The van der Waals surface area contributed by atoms with Crippen LogP contribution in [0.5, 0.6) is 5.75 Å². The Morgan fingerprint density at radius 3 is 2.57 bits per heavy atom. The number of ether oxygens (including phenoxy) is 1. The van der Waals surface area contributed by atoms with Gasteiger partial charge < -0.3 is 10.1 Å². The standard InChI is InChI=1S/C22H22Cl2N2O2/c1-3-4-5-15-7-9-16(10-8-15)26-20(27)13-28-22-19(24)12-18(23)17-11-6-14(2)25-21(17)22/h6-12H,3-5,13H2,1-2H3,(H,26,27). The van der Waals surface area contributed by atoms with E-state index in [1.807, 2.05) is 43.3 Å². The number of carbonyl (C=O) groups excluding carboxylic acids is 1. The molecule has 1 N–H and O–H groups in total. The second kappa shape index (κ2) is 9.26. The third-order valence-electron chi connectivity index (χ3n) is 4.38. The van der Waals surface area contributed by atoms with E-state index in [1.165, 1.54) is 5.56 Å². The van der Waals surface area contributed by atoms with Crippen LogP contribution in [0, 0.1) is 6.92 Å². The van der Waals surface area contributed by atoms with Gasteiger partial charge in [0, 0.05) is 16.8 Å². The molecule has 3 aromatic rings. The molecule has 1 aromatic heterocycles. The maximum absolute atomic E-state index is 12.3. The summed E-state index contributed by atoms with van der Waals surface area (Å²) < 4.78 is 5.71. The first-order valence-corrected chi connectivity index (χ1v) is 10.0. The van der Waals surface area contributed by atoms with Crippen LogP contribution in [0.15, 0.2) is 42.5 Å². The second-order valence-electron chi connectivity index (χ2n) is 6.66. The molecular formula is C22H22Cl2N2O2. The number of hydrogen-bond donors (Lipinski definition) is 1. The van der Waals surface area contributed by atoms with Crippen LogP contribution in [-0.2, 0) is 11.2 Å². The summed E-state index contributed by atoms with van der Waals surface area (Å²) in [6, 6.07) is 13.2. The van der Waals surface area contributed by atoms with Gasteiger partial charge in [-0.15, -0.1) is 0 Å². The molecule has 0 aliphatic carbocycles. The molecule has 0 saturated heterocycles. The Morgan fingerprint density at radius 1 is 1.11 bits per heavy atom. The summed E-state index contributed by atoms with van der Waals surface area (Å²) in [6.45, 7) is 3.86. The summed E-state index contributed by atoms with van der Waals surface area (Å²) in [4.78, 5) is 16.8. The lowest BCUT2D eigenvalue weighted by atomic mass is 10.1. The average molecular weight is 417 g/mol. The van der Waals surface area contributed by atoms with Gasteiger partial charge >= 0.3 is 0 Å². The Balaban J connectivity index is 1.68. The first-order valence-electron chi connectivity index (χ1n) is 9.25. The molecule has 0 radical (unpaired) electrons.